The highest BCUT2D eigenvalue weighted by Crippen LogP contribution is 2.36. The maximum Gasteiger partial charge on any atom is 0.257 e. The number of carbonyl (C=O) groups excluding carboxylic acids is 1. The molecule has 3 aromatic rings. The highest BCUT2D eigenvalue weighted by atomic mass is 35.5. The first kappa shape index (κ1) is 28.0. The first-order valence-electron chi connectivity index (χ1n) is 11.6. The van der Waals surface area contributed by atoms with Crippen LogP contribution in [0.4, 0.5) is 15.8 Å². The second-order valence-electron chi connectivity index (χ2n) is 9.20. The molecular weight excluding hydrogens is 555 g/mol. The molecule has 0 radical (unpaired) electrons. The van der Waals surface area contributed by atoms with Crippen molar-refractivity contribution in [2.45, 2.75) is 35.6 Å². The molecule has 1 amide bonds. The van der Waals surface area contributed by atoms with Gasteiger partial charge in [0.1, 0.15) is 10.8 Å². The summed E-state index contributed by atoms with van der Waals surface area (Å²) in [6.45, 7) is 2.49. The van der Waals surface area contributed by atoms with Gasteiger partial charge in [0, 0.05) is 31.2 Å². The average Bonchev–Trinajstić information content (AvgIpc) is 2.85. The number of nitrogens with one attached hydrogen (secondary N) is 1. The Bertz CT molecular complexity index is 1610. The summed E-state index contributed by atoms with van der Waals surface area (Å²) in [4.78, 5) is 19.1. The number of carbonyl (C=O) groups is 1. The van der Waals surface area contributed by atoms with E-state index in [1.807, 2.05) is 0 Å². The molecule has 4 rings (SSSR count). The molecular formula is C25H26ClFN4O5S2. The molecule has 202 valence electrons. The number of likely N-dealkylation sites (tertiary alicyclic amines) is 1. The number of hydrogen-bond acceptors (Lipinski definition) is 7. The van der Waals surface area contributed by atoms with Crippen LogP contribution < -0.4 is 10.5 Å². The van der Waals surface area contributed by atoms with Crippen LogP contribution in [0.3, 0.4) is 0 Å². The summed E-state index contributed by atoms with van der Waals surface area (Å²) in [6, 6.07) is 10.7. The Labute approximate surface area is 225 Å². The average molecular weight is 581 g/mol. The van der Waals surface area contributed by atoms with Crippen molar-refractivity contribution in [2.75, 3.05) is 24.7 Å². The lowest BCUT2D eigenvalue weighted by molar-refractivity contribution is 0.0713. The number of pyridine rings is 1. The Morgan fingerprint density at radius 1 is 1.11 bits per heavy atom. The van der Waals surface area contributed by atoms with Gasteiger partial charge in [-0.15, -0.1) is 0 Å². The Morgan fingerprint density at radius 2 is 1.74 bits per heavy atom. The number of nitrogens with zero attached hydrogens (tertiary/aromatic N) is 2. The lowest BCUT2D eigenvalue weighted by Crippen LogP contribution is -2.38. The van der Waals surface area contributed by atoms with Gasteiger partial charge in [-0.1, -0.05) is 23.7 Å². The van der Waals surface area contributed by atoms with E-state index >= 15 is 0 Å². The number of nitrogens with two attached hydrogens (primary N) is 1. The number of rotatable bonds is 6. The van der Waals surface area contributed by atoms with Gasteiger partial charge in [-0.3, -0.25) is 4.79 Å². The van der Waals surface area contributed by atoms with E-state index in [0.717, 1.165) is 18.0 Å². The maximum absolute atomic E-state index is 13.6. The smallest absolute Gasteiger partial charge is 0.257 e. The largest absolute Gasteiger partial charge is 0.353 e. The number of hydrogen-bond donors (Lipinski definition) is 2. The first-order chi connectivity index (χ1) is 17.8. The minimum absolute atomic E-state index is 0.00782. The lowest BCUT2D eigenvalue weighted by Gasteiger charge is -2.33. The van der Waals surface area contributed by atoms with E-state index in [9.17, 15) is 26.0 Å². The molecule has 9 nitrogen and oxygen atoms in total. The van der Waals surface area contributed by atoms with Crippen molar-refractivity contribution < 1.29 is 26.0 Å². The van der Waals surface area contributed by atoms with E-state index in [4.69, 9.17) is 16.7 Å². The summed E-state index contributed by atoms with van der Waals surface area (Å²) in [5, 5.41) is 7.31. The van der Waals surface area contributed by atoms with Crippen molar-refractivity contribution in [1.82, 2.24) is 9.88 Å². The number of sulfone groups is 1. The van der Waals surface area contributed by atoms with Crippen LogP contribution in [0.5, 0.6) is 0 Å². The molecule has 1 saturated heterocycles. The van der Waals surface area contributed by atoms with Gasteiger partial charge in [-0.2, -0.15) is 0 Å². The second kappa shape index (κ2) is 10.6. The third kappa shape index (κ3) is 5.98. The predicted octanol–water partition coefficient (Wildman–Crippen LogP) is 4.00. The Kier molecular flexibility index (Phi) is 7.80. The van der Waals surface area contributed by atoms with Crippen molar-refractivity contribution >= 4 is 48.7 Å². The van der Waals surface area contributed by atoms with Crippen LogP contribution in [0.25, 0.3) is 0 Å². The van der Waals surface area contributed by atoms with Crippen molar-refractivity contribution in [3.8, 4) is 0 Å². The standard InChI is InChI=1S/C25H26ClFN4O5S2/c1-15-13-19(37(2,33)34)7-8-21(15)30-23-20(14-29-24(22(23)26)38(28,35)36)25(32)31-11-9-17(10-12-31)16-3-5-18(27)6-4-16/h3-8,13-14,17H,9-12H2,1-2H3,(H,29,30)(H2,28,35,36). The third-order valence-electron chi connectivity index (χ3n) is 6.50. The Morgan fingerprint density at radius 3 is 2.29 bits per heavy atom. The zero-order valence-corrected chi connectivity index (χ0v) is 23.0. The molecule has 3 N–H and O–H groups in total. The van der Waals surface area contributed by atoms with Crippen LogP contribution in [-0.2, 0) is 19.9 Å². The number of primary sulfonamides is 1. The minimum Gasteiger partial charge on any atom is -0.353 e. The maximum atomic E-state index is 13.6. The van der Waals surface area contributed by atoms with Crippen LogP contribution in [0.15, 0.2) is 58.6 Å². The van der Waals surface area contributed by atoms with Crippen LogP contribution in [0.1, 0.15) is 40.2 Å². The van der Waals surface area contributed by atoms with Gasteiger partial charge in [0.15, 0.2) is 14.9 Å². The van der Waals surface area contributed by atoms with Crippen LogP contribution >= 0.6 is 11.6 Å². The van der Waals surface area contributed by atoms with Crippen LogP contribution in [0.2, 0.25) is 5.02 Å². The molecule has 2 aromatic carbocycles. The Hall–Kier alpha value is -3.06. The number of aromatic nitrogens is 1. The topological polar surface area (TPSA) is 140 Å². The molecule has 1 fully saturated rings. The molecule has 38 heavy (non-hydrogen) atoms. The first-order valence-corrected chi connectivity index (χ1v) is 15.4. The monoisotopic (exact) mass is 580 g/mol. The molecule has 1 aliphatic rings. The number of benzene rings is 2. The van der Waals surface area contributed by atoms with Gasteiger partial charge >= 0.3 is 0 Å². The summed E-state index contributed by atoms with van der Waals surface area (Å²) < 4.78 is 61.3. The summed E-state index contributed by atoms with van der Waals surface area (Å²) in [6.07, 6.45) is 3.51. The van der Waals surface area contributed by atoms with Gasteiger partial charge in [0.25, 0.3) is 15.9 Å². The molecule has 0 saturated carbocycles. The molecule has 0 atom stereocenters. The molecule has 13 heteroatoms. The van der Waals surface area contributed by atoms with Crippen molar-refractivity contribution in [3.05, 3.63) is 76.2 Å². The fraction of sp³-hybridized carbons (Fsp3) is 0.280. The highest BCUT2D eigenvalue weighted by molar-refractivity contribution is 7.90. The number of anilines is 2. The molecule has 0 spiro atoms. The number of amides is 1. The van der Waals surface area contributed by atoms with Crippen molar-refractivity contribution in [3.63, 3.8) is 0 Å². The second-order valence-corrected chi connectivity index (χ2v) is 13.1. The lowest BCUT2D eigenvalue weighted by atomic mass is 9.89. The fourth-order valence-corrected chi connectivity index (χ4v) is 6.19. The number of aryl methyl sites for hydroxylation is 1. The quantitative estimate of drug-likeness (QED) is 0.449. The van der Waals surface area contributed by atoms with Crippen LogP contribution in [-0.4, -0.2) is 52.0 Å². The van der Waals surface area contributed by atoms with Gasteiger partial charge in [-0.25, -0.2) is 31.3 Å². The van der Waals surface area contributed by atoms with Gasteiger partial charge in [-0.05, 0) is 67.1 Å². The summed E-state index contributed by atoms with van der Waals surface area (Å²) in [7, 11) is -7.76. The van der Waals surface area contributed by atoms with E-state index in [1.54, 1.807) is 24.0 Å². The zero-order chi connectivity index (χ0) is 27.8. The van der Waals surface area contributed by atoms with Gasteiger partial charge in [0.05, 0.1) is 16.1 Å². The molecule has 0 bridgehead atoms. The summed E-state index contributed by atoms with van der Waals surface area (Å²) in [5.74, 6) is -0.555. The van der Waals surface area contributed by atoms with E-state index in [2.05, 4.69) is 10.3 Å². The zero-order valence-electron chi connectivity index (χ0n) is 20.6. The van der Waals surface area contributed by atoms with Crippen LogP contribution in [0, 0.1) is 12.7 Å². The number of sulfonamides is 1. The normalized spacial score (nSPS) is 14.9. The summed E-state index contributed by atoms with van der Waals surface area (Å²) in [5.41, 5.74) is 1.96. The fourth-order valence-electron chi connectivity index (χ4n) is 4.42. The predicted molar refractivity (Wildman–Crippen MR) is 142 cm³/mol. The molecule has 1 aromatic heterocycles. The highest BCUT2D eigenvalue weighted by Gasteiger charge is 2.29. The van der Waals surface area contributed by atoms with Crippen molar-refractivity contribution in [2.24, 2.45) is 5.14 Å². The van der Waals surface area contributed by atoms with E-state index in [1.165, 1.54) is 30.3 Å². The van der Waals surface area contributed by atoms with E-state index in [0.29, 0.717) is 37.2 Å². The van der Waals surface area contributed by atoms with Crippen molar-refractivity contribution in [1.29, 1.82) is 0 Å². The molecule has 2 heterocycles. The van der Waals surface area contributed by atoms with E-state index < -0.39 is 30.8 Å². The molecule has 1 aliphatic heterocycles. The summed E-state index contributed by atoms with van der Waals surface area (Å²) >= 11 is 6.42. The van der Waals surface area contributed by atoms with E-state index in [-0.39, 0.29) is 32.9 Å². The Balaban J connectivity index is 1.66. The van der Waals surface area contributed by atoms with Gasteiger partial charge in [0.2, 0.25) is 0 Å². The molecule has 0 unspecified atom stereocenters. The SMILES string of the molecule is Cc1cc(S(C)(=O)=O)ccc1Nc1c(C(=O)N2CCC(c3ccc(F)cc3)CC2)cnc(S(N)(=O)=O)c1Cl. The number of halogens is 2. The third-order valence-corrected chi connectivity index (χ3v) is 8.94. The number of piperidine rings is 1. The molecule has 0 aliphatic carbocycles. The van der Waals surface area contributed by atoms with Gasteiger partial charge < -0.3 is 10.2 Å². The minimum atomic E-state index is -4.31.